The Morgan fingerprint density at radius 2 is 2.21 bits per heavy atom. The van der Waals surface area contributed by atoms with E-state index in [1.54, 1.807) is 29.6 Å². The third-order valence-corrected chi connectivity index (χ3v) is 4.82. The first-order chi connectivity index (χ1) is 11.6. The van der Waals surface area contributed by atoms with Crippen molar-refractivity contribution in [2.24, 2.45) is 0 Å². The minimum atomic E-state index is -0.297. The van der Waals surface area contributed by atoms with Gasteiger partial charge >= 0.3 is 0 Å². The van der Waals surface area contributed by atoms with Gasteiger partial charge in [-0.15, -0.1) is 11.3 Å². The van der Waals surface area contributed by atoms with Crippen LogP contribution >= 0.6 is 11.3 Å². The largest absolute Gasteiger partial charge is 0.368 e. The van der Waals surface area contributed by atoms with Crippen LogP contribution in [0.15, 0.2) is 23.8 Å². The first-order valence-electron chi connectivity index (χ1n) is 7.59. The molecule has 24 heavy (non-hydrogen) atoms. The number of amides is 2. The highest BCUT2D eigenvalue weighted by atomic mass is 32.1. The molecular weight excluding hydrogens is 328 g/mol. The summed E-state index contributed by atoms with van der Waals surface area (Å²) >= 11 is 1.35. The summed E-state index contributed by atoms with van der Waals surface area (Å²) in [6.07, 6.45) is 1.22. The maximum atomic E-state index is 12.6. The molecule has 8 heteroatoms. The number of hydrogen-bond acceptors (Lipinski definition) is 6. The van der Waals surface area contributed by atoms with E-state index in [1.165, 1.54) is 17.5 Å². The molecule has 3 rings (SSSR count). The van der Waals surface area contributed by atoms with Crippen molar-refractivity contribution in [2.75, 3.05) is 26.7 Å². The Bertz CT molecular complexity index is 744. The molecule has 1 saturated heterocycles. The predicted octanol–water partition coefficient (Wildman–Crippen LogP) is 1.42. The Labute approximate surface area is 143 Å². The van der Waals surface area contributed by atoms with Crippen molar-refractivity contribution >= 4 is 23.2 Å². The lowest BCUT2D eigenvalue weighted by atomic mass is 10.1. The molecule has 0 aliphatic carbocycles. The fraction of sp³-hybridized carbons (Fsp3) is 0.375. The normalized spacial score (nSPS) is 17.6. The van der Waals surface area contributed by atoms with Gasteiger partial charge in [0.05, 0.1) is 35.6 Å². The van der Waals surface area contributed by atoms with Gasteiger partial charge in [-0.25, -0.2) is 4.98 Å². The van der Waals surface area contributed by atoms with Crippen LogP contribution in [0, 0.1) is 6.92 Å². The van der Waals surface area contributed by atoms with Gasteiger partial charge in [0.1, 0.15) is 11.0 Å². The number of carbonyl (C=O) groups is 2. The summed E-state index contributed by atoms with van der Waals surface area (Å²) in [6.45, 7) is 3.26. The lowest BCUT2D eigenvalue weighted by Crippen LogP contribution is -2.42. The molecule has 0 spiro atoms. The highest BCUT2D eigenvalue weighted by Crippen LogP contribution is 2.23. The summed E-state index contributed by atoms with van der Waals surface area (Å²) < 4.78 is 5.75. The minimum Gasteiger partial charge on any atom is -0.368 e. The Balaban J connectivity index is 1.72. The topological polar surface area (TPSA) is 84.4 Å². The molecule has 2 amide bonds. The average molecular weight is 346 g/mol. The number of carbonyl (C=O) groups excluding carboxylic acids is 2. The maximum Gasteiger partial charge on any atom is 0.266 e. The Hall–Kier alpha value is -2.32. The number of nitrogens with zero attached hydrogens (tertiary/aromatic N) is 3. The van der Waals surface area contributed by atoms with Crippen molar-refractivity contribution in [3.8, 4) is 0 Å². The Kier molecular flexibility index (Phi) is 4.86. The highest BCUT2D eigenvalue weighted by Gasteiger charge is 2.28. The summed E-state index contributed by atoms with van der Waals surface area (Å²) in [5, 5.41) is 2.56. The number of aromatic nitrogens is 2. The van der Waals surface area contributed by atoms with Crippen LogP contribution in [0.4, 0.5) is 0 Å². The first kappa shape index (κ1) is 16.5. The van der Waals surface area contributed by atoms with Crippen LogP contribution in [0.3, 0.4) is 0 Å². The summed E-state index contributed by atoms with van der Waals surface area (Å²) in [7, 11) is 1.57. The zero-order chi connectivity index (χ0) is 17.1. The second-order valence-electron chi connectivity index (χ2n) is 5.43. The van der Waals surface area contributed by atoms with Gasteiger partial charge in [0.25, 0.3) is 11.8 Å². The number of morpholine rings is 1. The van der Waals surface area contributed by atoms with Crippen molar-refractivity contribution in [3.05, 3.63) is 45.7 Å². The molecule has 7 nitrogen and oxygen atoms in total. The van der Waals surface area contributed by atoms with Gasteiger partial charge in [-0.1, -0.05) is 0 Å². The molecule has 0 radical (unpaired) electrons. The molecule has 1 atom stereocenters. The molecule has 1 aliphatic rings. The molecule has 0 bridgehead atoms. The molecule has 0 unspecified atom stereocenters. The van der Waals surface area contributed by atoms with E-state index >= 15 is 0 Å². The van der Waals surface area contributed by atoms with Gasteiger partial charge < -0.3 is 15.0 Å². The SMILES string of the molecule is CNC(=O)c1ccc([C@@H]2CN(C(=O)c3scnc3C)CCO2)nc1. The van der Waals surface area contributed by atoms with Gasteiger partial charge in [-0.05, 0) is 19.1 Å². The molecule has 1 fully saturated rings. The van der Waals surface area contributed by atoms with E-state index in [4.69, 9.17) is 4.74 Å². The number of ether oxygens (including phenoxy) is 1. The molecular formula is C16H18N4O3S. The molecule has 1 N–H and O–H groups in total. The molecule has 1 aliphatic heterocycles. The third kappa shape index (κ3) is 3.29. The van der Waals surface area contributed by atoms with Crippen molar-refractivity contribution < 1.29 is 14.3 Å². The van der Waals surface area contributed by atoms with Crippen LogP contribution in [0.25, 0.3) is 0 Å². The fourth-order valence-corrected chi connectivity index (χ4v) is 3.31. The predicted molar refractivity (Wildman–Crippen MR) is 89.1 cm³/mol. The summed E-state index contributed by atoms with van der Waals surface area (Å²) in [5.41, 5.74) is 3.63. The van der Waals surface area contributed by atoms with E-state index in [-0.39, 0.29) is 17.9 Å². The maximum absolute atomic E-state index is 12.6. The zero-order valence-corrected chi connectivity index (χ0v) is 14.3. The lowest BCUT2D eigenvalue weighted by molar-refractivity contribution is -0.0246. The van der Waals surface area contributed by atoms with Crippen LogP contribution in [-0.4, -0.2) is 53.4 Å². The van der Waals surface area contributed by atoms with Crippen LogP contribution in [0.2, 0.25) is 0 Å². The van der Waals surface area contributed by atoms with Crippen LogP contribution in [0.5, 0.6) is 0 Å². The summed E-state index contributed by atoms with van der Waals surface area (Å²) in [4.78, 5) is 35.1. The van der Waals surface area contributed by atoms with Crippen LogP contribution in [0.1, 0.15) is 37.5 Å². The molecule has 2 aromatic heterocycles. The monoisotopic (exact) mass is 346 g/mol. The second kappa shape index (κ2) is 7.06. The zero-order valence-electron chi connectivity index (χ0n) is 13.5. The quantitative estimate of drug-likeness (QED) is 0.909. The minimum absolute atomic E-state index is 0.0229. The second-order valence-corrected chi connectivity index (χ2v) is 6.28. The first-order valence-corrected chi connectivity index (χ1v) is 8.47. The van der Waals surface area contributed by atoms with Crippen LogP contribution in [-0.2, 0) is 4.74 Å². The Morgan fingerprint density at radius 3 is 2.83 bits per heavy atom. The fourth-order valence-electron chi connectivity index (χ4n) is 2.54. The number of aryl methyl sites for hydroxylation is 1. The van der Waals surface area contributed by atoms with Gasteiger partial charge in [0.15, 0.2) is 0 Å². The Morgan fingerprint density at radius 1 is 1.38 bits per heavy atom. The molecule has 126 valence electrons. The van der Waals surface area contributed by atoms with Crippen molar-refractivity contribution in [1.82, 2.24) is 20.2 Å². The number of nitrogens with one attached hydrogen (secondary N) is 1. The van der Waals surface area contributed by atoms with E-state index in [0.29, 0.717) is 35.8 Å². The van der Waals surface area contributed by atoms with E-state index < -0.39 is 0 Å². The van der Waals surface area contributed by atoms with Gasteiger partial charge in [-0.2, -0.15) is 0 Å². The van der Waals surface area contributed by atoms with Gasteiger partial charge in [0, 0.05) is 19.8 Å². The number of pyridine rings is 1. The molecule has 0 saturated carbocycles. The average Bonchev–Trinajstić information content (AvgIpc) is 3.06. The van der Waals surface area contributed by atoms with E-state index in [1.807, 2.05) is 6.92 Å². The van der Waals surface area contributed by atoms with E-state index in [9.17, 15) is 9.59 Å². The smallest absolute Gasteiger partial charge is 0.266 e. The molecule has 3 heterocycles. The van der Waals surface area contributed by atoms with Crippen molar-refractivity contribution in [3.63, 3.8) is 0 Å². The molecule has 0 aromatic carbocycles. The number of rotatable bonds is 3. The number of hydrogen-bond donors (Lipinski definition) is 1. The summed E-state index contributed by atoms with van der Waals surface area (Å²) in [6, 6.07) is 3.47. The van der Waals surface area contributed by atoms with Crippen molar-refractivity contribution in [1.29, 1.82) is 0 Å². The van der Waals surface area contributed by atoms with Gasteiger partial charge in [0.2, 0.25) is 0 Å². The van der Waals surface area contributed by atoms with Crippen LogP contribution < -0.4 is 5.32 Å². The van der Waals surface area contributed by atoms with E-state index in [2.05, 4.69) is 15.3 Å². The third-order valence-electron chi connectivity index (χ3n) is 3.90. The molecule has 2 aromatic rings. The summed E-state index contributed by atoms with van der Waals surface area (Å²) in [5.74, 6) is -0.207. The lowest BCUT2D eigenvalue weighted by Gasteiger charge is -2.32. The number of thiazole rings is 1. The van der Waals surface area contributed by atoms with E-state index in [0.717, 1.165) is 5.69 Å². The van der Waals surface area contributed by atoms with Crippen molar-refractivity contribution in [2.45, 2.75) is 13.0 Å². The highest BCUT2D eigenvalue weighted by molar-refractivity contribution is 7.11. The standard InChI is InChI=1S/C16H18N4O3S/c1-10-14(24-9-19-10)16(22)20-5-6-23-13(8-20)12-4-3-11(7-18-12)15(21)17-2/h3-4,7,9,13H,5-6,8H2,1-2H3,(H,17,21)/t13-/m0/s1. The van der Waals surface area contributed by atoms with Gasteiger partial charge in [-0.3, -0.25) is 14.6 Å².